The maximum atomic E-state index is 6.13. The highest BCUT2D eigenvalue weighted by Gasteiger charge is 2.18. The summed E-state index contributed by atoms with van der Waals surface area (Å²) in [6, 6.07) is 6.19. The lowest BCUT2D eigenvalue weighted by atomic mass is 10.0. The topological polar surface area (TPSA) is 41.3 Å². The normalized spacial score (nSPS) is 21.4. The Balaban J connectivity index is 1.97. The first-order chi connectivity index (χ1) is 8.18. The first kappa shape index (κ1) is 12.5. The summed E-state index contributed by atoms with van der Waals surface area (Å²) >= 11 is 6.13. The lowest BCUT2D eigenvalue weighted by Gasteiger charge is -2.33. The smallest absolute Gasteiger partial charge is 0.0763 e. The second-order valence-electron chi connectivity index (χ2n) is 4.72. The molecule has 1 atom stereocenters. The maximum Gasteiger partial charge on any atom is 0.0763 e. The van der Waals surface area contributed by atoms with Crippen molar-refractivity contribution in [3.05, 3.63) is 23.2 Å². The largest absolute Gasteiger partial charge is 0.397 e. The Morgan fingerprint density at radius 3 is 3.00 bits per heavy atom. The monoisotopic (exact) mass is 253 g/mol. The van der Waals surface area contributed by atoms with Crippen LogP contribution in [0.4, 0.5) is 11.4 Å². The van der Waals surface area contributed by atoms with Crippen molar-refractivity contribution in [1.29, 1.82) is 0 Å². The van der Waals surface area contributed by atoms with Gasteiger partial charge >= 0.3 is 0 Å². The SMILES string of the molecule is CN1CCCCC1CNc1c(N)cccc1Cl. The average Bonchev–Trinajstić information content (AvgIpc) is 2.30. The van der Waals surface area contributed by atoms with Gasteiger partial charge in [-0.1, -0.05) is 24.1 Å². The minimum atomic E-state index is 0.583. The van der Waals surface area contributed by atoms with Gasteiger partial charge in [0.25, 0.3) is 0 Å². The van der Waals surface area contributed by atoms with Crippen LogP contribution in [0.1, 0.15) is 19.3 Å². The van der Waals surface area contributed by atoms with Crippen molar-refractivity contribution < 1.29 is 0 Å². The Morgan fingerprint density at radius 2 is 2.29 bits per heavy atom. The van der Waals surface area contributed by atoms with Crippen molar-refractivity contribution in [1.82, 2.24) is 4.90 Å². The standard InChI is InChI=1S/C13H20ClN3/c1-17-8-3-2-5-10(17)9-16-13-11(14)6-4-7-12(13)15/h4,6-7,10,16H,2-3,5,8-9,15H2,1H3. The maximum absolute atomic E-state index is 6.13. The number of anilines is 2. The number of nitrogen functional groups attached to an aromatic ring is 1. The third-order valence-corrected chi connectivity index (χ3v) is 3.80. The zero-order chi connectivity index (χ0) is 12.3. The van der Waals surface area contributed by atoms with E-state index in [0.29, 0.717) is 11.1 Å². The number of nitrogens with one attached hydrogen (secondary N) is 1. The van der Waals surface area contributed by atoms with Gasteiger partial charge in [0.15, 0.2) is 0 Å². The van der Waals surface area contributed by atoms with E-state index in [1.807, 2.05) is 18.2 Å². The zero-order valence-electron chi connectivity index (χ0n) is 10.2. The molecular formula is C13H20ClN3. The van der Waals surface area contributed by atoms with Crippen LogP contribution < -0.4 is 11.1 Å². The van der Waals surface area contributed by atoms with Crippen molar-refractivity contribution in [2.24, 2.45) is 0 Å². The molecule has 0 amide bonds. The van der Waals surface area contributed by atoms with Crippen LogP contribution in [0.15, 0.2) is 18.2 Å². The highest BCUT2D eigenvalue weighted by Crippen LogP contribution is 2.28. The van der Waals surface area contributed by atoms with E-state index in [-0.39, 0.29) is 0 Å². The molecule has 17 heavy (non-hydrogen) atoms. The van der Waals surface area contributed by atoms with E-state index in [9.17, 15) is 0 Å². The van der Waals surface area contributed by atoms with Crippen LogP contribution in [0.2, 0.25) is 5.02 Å². The first-order valence-electron chi connectivity index (χ1n) is 6.16. The molecule has 0 aromatic heterocycles. The summed E-state index contributed by atoms with van der Waals surface area (Å²) in [6.07, 6.45) is 3.86. The molecule has 1 saturated heterocycles. The van der Waals surface area contributed by atoms with Crippen molar-refractivity contribution in [3.8, 4) is 0 Å². The molecule has 1 aliphatic rings. The molecule has 3 N–H and O–H groups in total. The Morgan fingerprint density at radius 1 is 1.47 bits per heavy atom. The molecule has 0 saturated carbocycles. The van der Waals surface area contributed by atoms with Gasteiger partial charge in [-0.2, -0.15) is 0 Å². The minimum Gasteiger partial charge on any atom is -0.397 e. The number of rotatable bonds is 3. The molecule has 1 heterocycles. The minimum absolute atomic E-state index is 0.583. The van der Waals surface area contributed by atoms with Crippen LogP contribution in [0.25, 0.3) is 0 Å². The fourth-order valence-electron chi connectivity index (χ4n) is 2.35. The summed E-state index contributed by atoms with van der Waals surface area (Å²) in [4.78, 5) is 2.41. The number of halogens is 1. The molecule has 1 fully saturated rings. The van der Waals surface area contributed by atoms with E-state index >= 15 is 0 Å². The van der Waals surface area contributed by atoms with Gasteiger partial charge in [0.2, 0.25) is 0 Å². The number of para-hydroxylation sites is 1. The number of hydrogen-bond acceptors (Lipinski definition) is 3. The number of nitrogens with two attached hydrogens (primary N) is 1. The molecular weight excluding hydrogens is 234 g/mol. The summed E-state index contributed by atoms with van der Waals surface area (Å²) in [5.41, 5.74) is 7.50. The van der Waals surface area contributed by atoms with Crippen molar-refractivity contribution in [2.75, 3.05) is 31.2 Å². The van der Waals surface area contributed by atoms with Gasteiger partial charge in [0.05, 0.1) is 16.4 Å². The first-order valence-corrected chi connectivity index (χ1v) is 6.54. The molecule has 1 aromatic rings. The van der Waals surface area contributed by atoms with E-state index in [4.69, 9.17) is 17.3 Å². The van der Waals surface area contributed by atoms with Gasteiger partial charge in [-0.05, 0) is 38.6 Å². The summed E-state index contributed by atoms with van der Waals surface area (Å²) in [6.45, 7) is 2.09. The second-order valence-corrected chi connectivity index (χ2v) is 5.12. The third kappa shape index (κ3) is 3.05. The van der Waals surface area contributed by atoms with E-state index < -0.39 is 0 Å². The van der Waals surface area contributed by atoms with Crippen LogP contribution in [0.5, 0.6) is 0 Å². The Kier molecular flexibility index (Phi) is 4.13. The van der Waals surface area contributed by atoms with Crippen molar-refractivity contribution >= 4 is 23.0 Å². The van der Waals surface area contributed by atoms with E-state index in [1.165, 1.54) is 25.8 Å². The van der Waals surface area contributed by atoms with Crippen LogP contribution in [-0.2, 0) is 0 Å². The molecule has 2 rings (SSSR count). The molecule has 1 aromatic carbocycles. The number of piperidine rings is 1. The summed E-state index contributed by atoms with van der Waals surface area (Å²) < 4.78 is 0. The third-order valence-electron chi connectivity index (χ3n) is 3.48. The van der Waals surface area contributed by atoms with Crippen LogP contribution in [0, 0.1) is 0 Å². The molecule has 0 spiro atoms. The van der Waals surface area contributed by atoms with Crippen LogP contribution in [0.3, 0.4) is 0 Å². The highest BCUT2D eigenvalue weighted by atomic mass is 35.5. The van der Waals surface area contributed by atoms with Crippen molar-refractivity contribution in [3.63, 3.8) is 0 Å². The predicted octanol–water partition coefficient (Wildman–Crippen LogP) is 2.82. The van der Waals surface area contributed by atoms with E-state index in [1.54, 1.807) is 0 Å². The number of likely N-dealkylation sites (N-methyl/N-ethyl adjacent to an activating group) is 1. The van der Waals surface area contributed by atoms with Gasteiger partial charge in [0, 0.05) is 12.6 Å². The van der Waals surface area contributed by atoms with E-state index in [0.717, 1.165) is 17.9 Å². The molecule has 1 unspecified atom stereocenters. The highest BCUT2D eigenvalue weighted by molar-refractivity contribution is 6.33. The van der Waals surface area contributed by atoms with Gasteiger partial charge in [0.1, 0.15) is 0 Å². The molecule has 0 bridgehead atoms. The summed E-state index contributed by atoms with van der Waals surface area (Å²) in [5, 5.41) is 4.08. The van der Waals surface area contributed by atoms with E-state index in [2.05, 4.69) is 17.3 Å². The van der Waals surface area contributed by atoms with Crippen molar-refractivity contribution in [2.45, 2.75) is 25.3 Å². The average molecular weight is 254 g/mol. The molecule has 0 aliphatic carbocycles. The lowest BCUT2D eigenvalue weighted by molar-refractivity contribution is 0.194. The van der Waals surface area contributed by atoms with Gasteiger partial charge < -0.3 is 16.0 Å². The lowest BCUT2D eigenvalue weighted by Crippen LogP contribution is -2.40. The molecule has 4 heteroatoms. The zero-order valence-corrected chi connectivity index (χ0v) is 11.0. The molecule has 0 radical (unpaired) electrons. The fraction of sp³-hybridized carbons (Fsp3) is 0.538. The van der Waals surface area contributed by atoms with Crippen LogP contribution >= 0.6 is 11.6 Å². The van der Waals surface area contributed by atoms with Gasteiger partial charge in [-0.25, -0.2) is 0 Å². The Bertz CT molecular complexity index is 361. The Hall–Kier alpha value is -0.930. The number of nitrogens with zero attached hydrogens (tertiary/aromatic N) is 1. The fourth-order valence-corrected chi connectivity index (χ4v) is 2.60. The summed E-state index contributed by atoms with van der Waals surface area (Å²) in [7, 11) is 2.18. The molecule has 94 valence electrons. The number of likely N-dealkylation sites (tertiary alicyclic amines) is 1. The van der Waals surface area contributed by atoms with Crippen LogP contribution in [-0.4, -0.2) is 31.1 Å². The quantitative estimate of drug-likeness (QED) is 0.814. The van der Waals surface area contributed by atoms with Gasteiger partial charge in [-0.3, -0.25) is 0 Å². The van der Waals surface area contributed by atoms with Gasteiger partial charge in [-0.15, -0.1) is 0 Å². The second kappa shape index (κ2) is 5.61. The summed E-state index contributed by atoms with van der Waals surface area (Å²) in [5.74, 6) is 0. The number of hydrogen-bond donors (Lipinski definition) is 2. The Labute approximate surface area is 108 Å². The number of benzene rings is 1. The molecule has 1 aliphatic heterocycles. The molecule has 3 nitrogen and oxygen atoms in total. The predicted molar refractivity (Wildman–Crippen MR) is 74.6 cm³/mol.